The lowest BCUT2D eigenvalue weighted by atomic mass is 9.80. The van der Waals surface area contributed by atoms with Gasteiger partial charge in [0, 0.05) is 42.0 Å². The van der Waals surface area contributed by atoms with Gasteiger partial charge in [0.1, 0.15) is 5.78 Å². The highest BCUT2D eigenvalue weighted by Crippen LogP contribution is 2.42. The lowest BCUT2D eigenvalue weighted by Gasteiger charge is -2.46. The monoisotopic (exact) mass is 596 g/mol. The van der Waals surface area contributed by atoms with E-state index in [0.717, 1.165) is 19.3 Å². The number of piperidine rings is 4. The molecule has 0 aromatic heterocycles. The number of carbonyl (C=O) groups is 3. The van der Waals surface area contributed by atoms with Gasteiger partial charge in [-0.2, -0.15) is 4.31 Å². The molecule has 40 heavy (non-hydrogen) atoms. The van der Waals surface area contributed by atoms with Crippen molar-refractivity contribution in [3.63, 3.8) is 0 Å². The number of nitrogens with one attached hydrogen (secondary N) is 1. The Balaban J connectivity index is 0.000000182. The average Bonchev–Trinajstić information content (AvgIpc) is 3.68. The molecule has 220 valence electrons. The largest absolute Gasteiger partial charge is 0.466 e. The topological polar surface area (TPSA) is 132 Å². The first-order chi connectivity index (χ1) is 19.1. The first kappa shape index (κ1) is 29.4. The molecule has 1 aromatic rings. The molecule has 1 aromatic carbocycles. The number of benzene rings is 1. The van der Waals surface area contributed by atoms with Crippen molar-refractivity contribution in [2.75, 3.05) is 13.2 Å². The van der Waals surface area contributed by atoms with E-state index in [1.807, 2.05) is 6.92 Å². The predicted octanol–water partition coefficient (Wildman–Crippen LogP) is 2.86. The van der Waals surface area contributed by atoms with Crippen molar-refractivity contribution >= 4 is 39.3 Å². The van der Waals surface area contributed by atoms with E-state index in [2.05, 4.69) is 5.32 Å². The number of epoxide rings is 1. The van der Waals surface area contributed by atoms with E-state index >= 15 is 0 Å². The zero-order chi connectivity index (χ0) is 28.6. The van der Waals surface area contributed by atoms with E-state index in [0.29, 0.717) is 48.8 Å². The number of hydrogen-bond donors (Lipinski definition) is 1. The number of carbonyl (C=O) groups excluding carboxylic acids is 3. The third kappa shape index (κ3) is 6.23. The van der Waals surface area contributed by atoms with E-state index in [1.54, 1.807) is 6.92 Å². The molecule has 5 fully saturated rings. The zero-order valence-electron chi connectivity index (χ0n) is 22.8. The summed E-state index contributed by atoms with van der Waals surface area (Å²) < 4.78 is 43.3. The Kier molecular flexibility index (Phi) is 8.87. The van der Waals surface area contributed by atoms with Crippen LogP contribution < -0.4 is 5.32 Å². The van der Waals surface area contributed by atoms with E-state index in [9.17, 15) is 22.8 Å². The Hall–Kier alpha value is -2.05. The summed E-state index contributed by atoms with van der Waals surface area (Å²) in [5.41, 5.74) is 0. The highest BCUT2D eigenvalue weighted by Gasteiger charge is 2.54. The fraction of sp³-hybridized carbons (Fsp3) is 0.679. The number of ketones is 1. The highest BCUT2D eigenvalue weighted by atomic mass is 35.5. The molecule has 0 spiro atoms. The maximum Gasteiger partial charge on any atom is 0.309 e. The molecule has 12 heteroatoms. The molecule has 10 nitrogen and oxygen atoms in total. The minimum Gasteiger partial charge on any atom is -0.466 e. The van der Waals surface area contributed by atoms with Crippen LogP contribution in [0.4, 0.5) is 0 Å². The van der Waals surface area contributed by atoms with Gasteiger partial charge in [-0.25, -0.2) is 8.42 Å². The Morgan fingerprint density at radius 3 is 2.10 bits per heavy atom. The van der Waals surface area contributed by atoms with Gasteiger partial charge in [0.15, 0.2) is 0 Å². The molecular formula is C28H37ClN2O8S. The lowest BCUT2D eigenvalue weighted by molar-refractivity contribution is -0.152. The van der Waals surface area contributed by atoms with Crippen molar-refractivity contribution in [2.45, 2.75) is 100 Å². The number of nitrogens with zero attached hydrogens (tertiary/aromatic N) is 1. The molecular weight excluding hydrogens is 560 g/mol. The van der Waals surface area contributed by atoms with Crippen molar-refractivity contribution in [3.05, 3.63) is 29.3 Å². The van der Waals surface area contributed by atoms with Gasteiger partial charge in [0.25, 0.3) is 0 Å². The van der Waals surface area contributed by atoms with Gasteiger partial charge in [-0.15, -0.1) is 0 Å². The summed E-state index contributed by atoms with van der Waals surface area (Å²) in [6, 6.07) is 5.82. The van der Waals surface area contributed by atoms with Crippen molar-refractivity contribution in [2.24, 2.45) is 11.8 Å². The predicted molar refractivity (Wildman–Crippen MR) is 145 cm³/mol. The molecule has 1 N–H and O–H groups in total. The molecule has 5 heterocycles. The second-order valence-electron chi connectivity index (χ2n) is 11.2. The van der Waals surface area contributed by atoms with Crippen LogP contribution in [0.25, 0.3) is 0 Å². The Morgan fingerprint density at radius 2 is 1.52 bits per heavy atom. The van der Waals surface area contributed by atoms with Crippen LogP contribution in [0.5, 0.6) is 0 Å². The van der Waals surface area contributed by atoms with Gasteiger partial charge in [0.05, 0.1) is 42.2 Å². The van der Waals surface area contributed by atoms with Crippen LogP contribution in [0.15, 0.2) is 29.2 Å². The SMILES string of the molecule is CCOC(=O)C1CC2CC(=O)CC(C1)N2S(=O)(=O)c1ccc(Cl)cc1.CCOC(=O)C1CC2CC3OC3C(C1)N2. The third-order valence-corrected chi connectivity index (χ3v) is 10.8. The van der Waals surface area contributed by atoms with Gasteiger partial charge < -0.3 is 19.5 Å². The van der Waals surface area contributed by atoms with Crippen LogP contribution in [0, 0.1) is 11.8 Å². The summed E-state index contributed by atoms with van der Waals surface area (Å²) in [4.78, 5) is 35.9. The number of ether oxygens (including phenoxy) is 3. The molecule has 0 radical (unpaired) electrons. The first-order valence-corrected chi connectivity index (χ1v) is 16.0. The van der Waals surface area contributed by atoms with E-state index in [4.69, 9.17) is 25.8 Å². The molecule has 4 bridgehead atoms. The molecule has 5 saturated heterocycles. The van der Waals surface area contributed by atoms with Gasteiger partial charge in [-0.3, -0.25) is 14.4 Å². The van der Waals surface area contributed by atoms with Crippen molar-refractivity contribution in [1.29, 1.82) is 0 Å². The molecule has 6 rings (SSSR count). The molecule has 5 aliphatic rings. The highest BCUT2D eigenvalue weighted by molar-refractivity contribution is 7.89. The van der Waals surface area contributed by atoms with Gasteiger partial charge >= 0.3 is 11.9 Å². The van der Waals surface area contributed by atoms with Crippen LogP contribution in [0.2, 0.25) is 5.02 Å². The Bertz CT molecular complexity index is 1210. The van der Waals surface area contributed by atoms with E-state index < -0.39 is 22.1 Å². The number of fused-ring (bicyclic) bond motifs is 6. The summed E-state index contributed by atoms with van der Waals surface area (Å²) >= 11 is 5.84. The number of hydrogen-bond acceptors (Lipinski definition) is 9. The number of rotatable bonds is 6. The molecule has 7 unspecified atom stereocenters. The summed E-state index contributed by atoms with van der Waals surface area (Å²) in [6.45, 7) is 4.37. The van der Waals surface area contributed by atoms with E-state index in [1.165, 1.54) is 28.6 Å². The summed E-state index contributed by atoms with van der Waals surface area (Å²) in [7, 11) is -3.75. The van der Waals surface area contributed by atoms with Crippen LogP contribution >= 0.6 is 11.6 Å². The maximum atomic E-state index is 13.1. The summed E-state index contributed by atoms with van der Waals surface area (Å²) in [6.07, 6.45) is 4.62. The van der Waals surface area contributed by atoms with Crippen LogP contribution in [0.1, 0.15) is 58.8 Å². The summed E-state index contributed by atoms with van der Waals surface area (Å²) in [5.74, 6) is -0.561. The third-order valence-electron chi connectivity index (χ3n) is 8.48. The minimum absolute atomic E-state index is 0.0203. The molecule has 0 amide bonds. The van der Waals surface area contributed by atoms with Gasteiger partial charge in [0.2, 0.25) is 10.0 Å². The fourth-order valence-electron chi connectivity index (χ4n) is 6.80. The van der Waals surface area contributed by atoms with Gasteiger partial charge in [-0.1, -0.05) is 11.6 Å². The number of halogens is 1. The number of sulfonamides is 1. The molecule has 0 saturated carbocycles. The second kappa shape index (κ2) is 12.1. The summed E-state index contributed by atoms with van der Waals surface area (Å²) in [5, 5.41) is 3.99. The maximum absolute atomic E-state index is 13.1. The molecule has 7 atom stereocenters. The van der Waals surface area contributed by atoms with Gasteiger partial charge in [-0.05, 0) is 70.2 Å². The van der Waals surface area contributed by atoms with E-state index in [-0.39, 0.29) is 53.9 Å². The van der Waals surface area contributed by atoms with Crippen molar-refractivity contribution in [3.8, 4) is 0 Å². The lowest BCUT2D eigenvalue weighted by Crippen LogP contribution is -2.57. The van der Waals surface area contributed by atoms with Crippen LogP contribution in [-0.4, -0.2) is 80.0 Å². The Labute approximate surface area is 240 Å². The molecule has 0 aliphatic carbocycles. The normalized spacial score (nSPS) is 34.5. The van der Waals surface area contributed by atoms with Crippen LogP contribution in [0.3, 0.4) is 0 Å². The first-order valence-electron chi connectivity index (χ1n) is 14.2. The average molecular weight is 597 g/mol. The number of Topliss-reactive ketones (excluding diaryl/α,β-unsaturated/α-hetero) is 1. The molecule has 5 aliphatic heterocycles. The van der Waals surface area contributed by atoms with Crippen LogP contribution in [-0.2, 0) is 38.6 Å². The minimum atomic E-state index is -3.75. The van der Waals surface area contributed by atoms with Crippen molar-refractivity contribution in [1.82, 2.24) is 9.62 Å². The number of esters is 2. The zero-order valence-corrected chi connectivity index (χ0v) is 24.4. The smallest absolute Gasteiger partial charge is 0.309 e. The second-order valence-corrected chi connectivity index (χ2v) is 13.5. The fourth-order valence-corrected chi connectivity index (χ4v) is 8.75. The van der Waals surface area contributed by atoms with Crippen molar-refractivity contribution < 1.29 is 37.0 Å². The Morgan fingerprint density at radius 1 is 0.950 bits per heavy atom. The quantitative estimate of drug-likeness (QED) is 0.389. The standard InChI is InChI=1S/C17H20ClNO5S.C11H17NO3/c1-2-24-17(21)11-7-13-9-15(20)10-14(8-11)19(13)25(22,23)16-5-3-12(18)4-6-16;1-2-14-11(13)6-3-7-5-9-10(15-9)8(4-6)12-7/h3-6,11,13-14H,2,7-10H2,1H3;6-10,12H,2-5H2,1H3.